The molecule has 0 saturated carbocycles. The van der Waals surface area contributed by atoms with Gasteiger partial charge in [-0.2, -0.15) is 0 Å². The molecule has 344 valence electrons. The summed E-state index contributed by atoms with van der Waals surface area (Å²) in [6.45, 7) is 2.40. The van der Waals surface area contributed by atoms with E-state index in [4.69, 9.17) is 4.98 Å². The van der Waals surface area contributed by atoms with E-state index in [1.54, 1.807) is 0 Å². The molecule has 9 aromatic carbocycles. The molecule has 3 aliphatic carbocycles. The lowest BCUT2D eigenvalue weighted by atomic mass is 9.74. The fourth-order valence-corrected chi connectivity index (χ4v) is 11.7. The van der Waals surface area contributed by atoms with Crippen LogP contribution >= 0.6 is 0 Å². The first-order chi connectivity index (χ1) is 35.6. The molecule has 0 bridgehead atoms. The van der Waals surface area contributed by atoms with E-state index in [-0.39, 0.29) is 5.92 Å². The Hall–Kier alpha value is -8.59. The van der Waals surface area contributed by atoms with Crippen molar-refractivity contribution in [2.45, 2.75) is 32.6 Å². The average molecular weight is 923 g/mol. The third kappa shape index (κ3) is 8.00. The van der Waals surface area contributed by atoms with Gasteiger partial charge in [0.15, 0.2) is 0 Å². The van der Waals surface area contributed by atoms with Crippen molar-refractivity contribution < 1.29 is 0 Å². The largest absolute Gasteiger partial charge is 0.292 e. The van der Waals surface area contributed by atoms with Gasteiger partial charge in [0.05, 0.1) is 11.0 Å². The van der Waals surface area contributed by atoms with Crippen molar-refractivity contribution in [3.63, 3.8) is 0 Å². The number of aromatic nitrogens is 2. The summed E-state index contributed by atoms with van der Waals surface area (Å²) in [5.74, 6) is 1.70. The Morgan fingerprint density at radius 1 is 0.486 bits per heavy atom. The second kappa shape index (κ2) is 18.6. The van der Waals surface area contributed by atoms with Crippen LogP contribution in [0.2, 0.25) is 0 Å². The summed E-state index contributed by atoms with van der Waals surface area (Å²) < 4.78 is 2.28. The molecule has 0 radical (unpaired) electrons. The molecule has 1 aromatic heterocycles. The molecule has 2 nitrogen and oxygen atoms in total. The zero-order valence-corrected chi connectivity index (χ0v) is 40.5. The van der Waals surface area contributed by atoms with Crippen LogP contribution in [0.5, 0.6) is 0 Å². The van der Waals surface area contributed by atoms with Gasteiger partial charge in [-0.3, -0.25) is 4.57 Å². The van der Waals surface area contributed by atoms with Gasteiger partial charge in [0, 0.05) is 17.2 Å². The topological polar surface area (TPSA) is 17.8 Å². The number of rotatable bonds is 9. The number of fused-ring (bicyclic) bond motifs is 3. The second-order valence-corrected chi connectivity index (χ2v) is 19.7. The smallest absolute Gasteiger partial charge is 0.145 e. The molecule has 0 saturated heterocycles. The molecule has 3 aliphatic rings. The van der Waals surface area contributed by atoms with Gasteiger partial charge >= 0.3 is 0 Å². The predicted octanol–water partition coefficient (Wildman–Crippen LogP) is 16.9. The number of hydrogen-bond acceptors (Lipinski definition) is 1. The first-order valence-electron chi connectivity index (χ1n) is 25.7. The molecular weight excluding hydrogens is 869 g/mol. The van der Waals surface area contributed by atoms with E-state index < -0.39 is 0 Å². The highest BCUT2D eigenvalue weighted by Gasteiger charge is 2.27. The SMILES string of the molecule is CC1CC=CC=C1C1C=C(c2c3c(c(-c4cc(-c5ccccc5)cc(-c5ccccc5)c4)c4ccc(-c5ccc(-c6nc7ccccc7n6-c6ccccc6)cc5)cc24)=CCCC=3)C=C(c2ccccc2)C1. The molecule has 0 spiro atoms. The normalized spacial score (nSPS) is 16.3. The summed E-state index contributed by atoms with van der Waals surface area (Å²) in [4.78, 5) is 5.21. The summed E-state index contributed by atoms with van der Waals surface area (Å²) in [5, 5.41) is 5.21. The van der Waals surface area contributed by atoms with Crippen molar-refractivity contribution in [1.82, 2.24) is 9.55 Å². The molecule has 0 fully saturated rings. The van der Waals surface area contributed by atoms with Gasteiger partial charge in [-0.15, -0.1) is 0 Å². The zero-order valence-electron chi connectivity index (χ0n) is 40.5. The summed E-state index contributed by atoms with van der Waals surface area (Å²) in [6, 6.07) is 75.4. The minimum atomic E-state index is 0.282. The van der Waals surface area contributed by atoms with Crippen LogP contribution in [0, 0.1) is 11.8 Å². The number of para-hydroxylation sites is 3. The number of nitrogens with zero attached hydrogens (tertiary/aromatic N) is 2. The number of allylic oxidation sites excluding steroid dienone is 8. The summed E-state index contributed by atoms with van der Waals surface area (Å²) in [5.41, 5.74) is 20.8. The average Bonchev–Trinajstić information content (AvgIpc) is 3.85. The fraction of sp³-hybridized carbons (Fsp3) is 0.100. The summed E-state index contributed by atoms with van der Waals surface area (Å²) >= 11 is 0. The Morgan fingerprint density at radius 3 is 1.74 bits per heavy atom. The highest BCUT2D eigenvalue weighted by Crippen LogP contribution is 2.44. The van der Waals surface area contributed by atoms with Gasteiger partial charge in [-0.1, -0.05) is 213 Å². The van der Waals surface area contributed by atoms with Crippen LogP contribution in [-0.4, -0.2) is 9.55 Å². The molecule has 0 aliphatic heterocycles. The molecule has 2 unspecified atom stereocenters. The summed E-state index contributed by atoms with van der Waals surface area (Å²) in [6.07, 6.45) is 21.3. The molecular formula is C70H54N2. The van der Waals surface area contributed by atoms with Crippen molar-refractivity contribution in [2.75, 3.05) is 0 Å². The Kier molecular flexibility index (Phi) is 11.2. The van der Waals surface area contributed by atoms with Crippen LogP contribution in [0.3, 0.4) is 0 Å². The minimum Gasteiger partial charge on any atom is -0.292 e. The second-order valence-electron chi connectivity index (χ2n) is 19.7. The maximum Gasteiger partial charge on any atom is 0.145 e. The molecule has 0 N–H and O–H groups in total. The van der Waals surface area contributed by atoms with Crippen molar-refractivity contribution in [3.05, 3.63) is 264 Å². The Bertz CT molecular complexity index is 3890. The van der Waals surface area contributed by atoms with E-state index in [1.807, 2.05) is 0 Å². The Balaban J connectivity index is 1.05. The number of benzene rings is 9. The lowest BCUT2D eigenvalue weighted by Gasteiger charge is -2.30. The molecule has 2 heteroatoms. The predicted molar refractivity (Wildman–Crippen MR) is 305 cm³/mol. The molecule has 13 rings (SSSR count). The molecule has 0 amide bonds. The van der Waals surface area contributed by atoms with Crippen molar-refractivity contribution in [1.29, 1.82) is 0 Å². The minimum absolute atomic E-state index is 0.282. The lowest BCUT2D eigenvalue weighted by Crippen LogP contribution is -2.33. The standard InChI is InChI=1S/C70H54N2/c1-47-20-14-15-29-61(47)57-41-56(50-25-10-4-11-26-50)44-59(45-57)69-63-31-17-16-30-62(63)68(58-42-54(48-21-6-2-7-22-48)40-55(43-58)49-23-8-3-9-24-49)64-39-38-53(46-65(64)69)51-34-36-52(37-35-51)70-71-66-32-18-19-33-67(66)72(70)60-27-12-5-13-28-60/h2-15,18-19,21-40,42-47,57H,16-17,20,41H2,1H3. The third-order valence-electron chi connectivity index (χ3n) is 15.2. The van der Waals surface area contributed by atoms with Crippen LogP contribution in [0.4, 0.5) is 0 Å². The van der Waals surface area contributed by atoms with Crippen LogP contribution in [0.1, 0.15) is 43.7 Å². The van der Waals surface area contributed by atoms with Gasteiger partial charge in [0.2, 0.25) is 0 Å². The van der Waals surface area contributed by atoms with E-state index in [1.165, 1.54) is 93.6 Å². The van der Waals surface area contributed by atoms with Crippen LogP contribution in [0.15, 0.2) is 242 Å². The van der Waals surface area contributed by atoms with E-state index in [2.05, 4.69) is 260 Å². The zero-order chi connectivity index (χ0) is 48.0. The highest BCUT2D eigenvalue weighted by molar-refractivity contribution is 6.08. The van der Waals surface area contributed by atoms with E-state index in [0.717, 1.165) is 53.8 Å². The maximum absolute atomic E-state index is 5.21. The van der Waals surface area contributed by atoms with Gasteiger partial charge in [0.1, 0.15) is 5.82 Å². The third-order valence-corrected chi connectivity index (χ3v) is 15.2. The molecule has 1 heterocycles. The highest BCUT2D eigenvalue weighted by atomic mass is 15.1. The Labute approximate surface area is 422 Å². The molecule has 72 heavy (non-hydrogen) atoms. The first-order valence-corrected chi connectivity index (χ1v) is 25.7. The Morgan fingerprint density at radius 2 is 1.06 bits per heavy atom. The van der Waals surface area contributed by atoms with Gasteiger partial charge < -0.3 is 0 Å². The monoisotopic (exact) mass is 922 g/mol. The van der Waals surface area contributed by atoms with Crippen LogP contribution < -0.4 is 10.4 Å². The quantitative estimate of drug-likeness (QED) is 0.141. The van der Waals surface area contributed by atoms with Crippen molar-refractivity contribution in [2.24, 2.45) is 11.8 Å². The number of hydrogen-bond donors (Lipinski definition) is 0. The van der Waals surface area contributed by atoms with Gasteiger partial charge in [-0.05, 0) is 168 Å². The fourth-order valence-electron chi connectivity index (χ4n) is 11.7. The van der Waals surface area contributed by atoms with E-state index >= 15 is 0 Å². The maximum atomic E-state index is 5.21. The first kappa shape index (κ1) is 43.4. The van der Waals surface area contributed by atoms with Gasteiger partial charge in [-0.25, -0.2) is 4.98 Å². The number of imidazole rings is 1. The lowest BCUT2D eigenvalue weighted by molar-refractivity contribution is 0.592. The van der Waals surface area contributed by atoms with Crippen LogP contribution in [0.25, 0.3) is 107 Å². The van der Waals surface area contributed by atoms with Gasteiger partial charge in [0.25, 0.3) is 0 Å². The van der Waals surface area contributed by atoms with Crippen molar-refractivity contribution in [3.8, 4) is 61.6 Å². The molecule has 2 atom stereocenters. The van der Waals surface area contributed by atoms with Crippen molar-refractivity contribution >= 4 is 45.1 Å². The molecule has 10 aromatic rings. The van der Waals surface area contributed by atoms with E-state index in [9.17, 15) is 0 Å². The van der Waals surface area contributed by atoms with E-state index in [0.29, 0.717) is 5.92 Å². The summed E-state index contributed by atoms with van der Waals surface area (Å²) in [7, 11) is 0. The van der Waals surface area contributed by atoms with Crippen LogP contribution in [-0.2, 0) is 0 Å².